The highest BCUT2D eigenvalue weighted by molar-refractivity contribution is 4.80. The van der Waals surface area contributed by atoms with Crippen LogP contribution in [0.15, 0.2) is 0 Å². The number of likely N-dealkylation sites (N-methyl/N-ethyl adjacent to an activating group) is 2. The van der Waals surface area contributed by atoms with Crippen LogP contribution in [0.4, 0.5) is 0 Å². The summed E-state index contributed by atoms with van der Waals surface area (Å²) in [6, 6.07) is 0. The largest absolute Gasteiger partial charge is 0.379 e. The molecule has 52 heavy (non-hydrogen) atoms. The molecule has 0 bridgehead atoms. The van der Waals surface area contributed by atoms with Crippen molar-refractivity contribution in [3.8, 4) is 0 Å². The lowest BCUT2D eigenvalue weighted by atomic mass is 9.92. The molecule has 0 aromatic rings. The van der Waals surface area contributed by atoms with Gasteiger partial charge in [0.05, 0.1) is 13.2 Å². The minimum atomic E-state index is 0.333. The van der Waals surface area contributed by atoms with Gasteiger partial charge in [0.25, 0.3) is 0 Å². The van der Waals surface area contributed by atoms with Crippen molar-refractivity contribution in [2.45, 2.75) is 134 Å². The first-order chi connectivity index (χ1) is 23.4. The molecule has 3 fully saturated rings. The summed E-state index contributed by atoms with van der Waals surface area (Å²) in [7, 11) is 12.8. The van der Waals surface area contributed by atoms with Crippen LogP contribution in [-0.2, 0) is 4.74 Å². The third-order valence-electron chi connectivity index (χ3n) is 10.2. The van der Waals surface area contributed by atoms with Gasteiger partial charge in [0.2, 0.25) is 0 Å². The zero-order chi connectivity index (χ0) is 41.0. The van der Waals surface area contributed by atoms with Crippen molar-refractivity contribution >= 4 is 0 Å². The highest BCUT2D eigenvalue weighted by atomic mass is 16.5. The van der Waals surface area contributed by atoms with Crippen molar-refractivity contribution < 1.29 is 4.74 Å². The van der Waals surface area contributed by atoms with E-state index in [1.807, 2.05) is 0 Å². The van der Waals surface area contributed by atoms with Gasteiger partial charge in [-0.2, -0.15) is 0 Å². The molecule has 0 aromatic carbocycles. The van der Waals surface area contributed by atoms with Crippen molar-refractivity contribution in [2.24, 2.45) is 16.2 Å². The molecule has 3 aliphatic rings. The van der Waals surface area contributed by atoms with Gasteiger partial charge in [-0.15, -0.1) is 0 Å². The van der Waals surface area contributed by atoms with E-state index in [9.17, 15) is 0 Å². The van der Waals surface area contributed by atoms with Crippen LogP contribution < -0.4 is 0 Å². The number of nitrogens with zero attached hydrogens (tertiary/aromatic N) is 7. The Bertz CT molecular complexity index is 821. The van der Waals surface area contributed by atoms with Gasteiger partial charge in [0.1, 0.15) is 0 Å². The molecule has 0 spiro atoms. The van der Waals surface area contributed by atoms with Crippen molar-refractivity contribution in [3.05, 3.63) is 0 Å². The molecule has 316 valence electrons. The number of rotatable bonds is 6. The van der Waals surface area contributed by atoms with Gasteiger partial charge >= 0.3 is 0 Å². The molecule has 0 amide bonds. The summed E-state index contributed by atoms with van der Waals surface area (Å²) in [5.74, 6) is 0. The van der Waals surface area contributed by atoms with Gasteiger partial charge in [-0.25, -0.2) is 0 Å². The lowest BCUT2D eigenvalue weighted by Gasteiger charge is -2.41. The van der Waals surface area contributed by atoms with Crippen LogP contribution in [0.5, 0.6) is 0 Å². The molecule has 0 atom stereocenters. The minimum Gasteiger partial charge on any atom is -0.379 e. The fraction of sp³-hybridized carbons (Fsp3) is 1.00. The van der Waals surface area contributed by atoms with Crippen LogP contribution in [-0.4, -0.2) is 186 Å². The molecule has 0 aromatic heterocycles. The summed E-state index contributed by atoms with van der Waals surface area (Å²) < 4.78 is 5.29. The predicted molar refractivity (Wildman–Crippen MR) is 234 cm³/mol. The standard InChI is InChI=1S/C11H24N2.C10H21NO.C9H20N2.C8H19N.C6H15N/c1-11(2,3)5-6-13-9-7-12(4)8-10-13;1-10(2,3)4-5-11-6-8-12-9-7-11;1-9(2,3)11-7-5-10(4)6-8-11;1-8(2,3)6-7-9(4)5;1-6(2,3)7(4)5/h5-10H2,1-4H3;4-9H2,1-3H3;5-8H2,1-4H3;6-7H2,1-5H3;1-5H3. The second kappa shape index (κ2) is 25.8. The van der Waals surface area contributed by atoms with Gasteiger partial charge < -0.3 is 29.2 Å². The van der Waals surface area contributed by atoms with Gasteiger partial charge in [-0.3, -0.25) is 9.80 Å². The Labute approximate surface area is 329 Å². The SMILES string of the molecule is CC(C)(C)CCN1CCOCC1.CN(C)C(C)(C)C.CN(C)CCC(C)(C)C.CN1CCN(C(C)(C)C)CC1.CN1CCN(CCC(C)(C)C)CC1. The second-order valence-corrected chi connectivity index (χ2v) is 21.9. The molecule has 0 N–H and O–H groups in total. The monoisotopic (exact) mass is 742 g/mol. The zero-order valence-electron chi connectivity index (χ0n) is 39.8. The summed E-state index contributed by atoms with van der Waals surface area (Å²) in [6.07, 6.45) is 3.88. The lowest BCUT2D eigenvalue weighted by Crippen LogP contribution is -2.52. The molecule has 3 aliphatic heterocycles. The molecule has 3 heterocycles. The van der Waals surface area contributed by atoms with Gasteiger partial charge in [0.15, 0.2) is 0 Å². The third kappa shape index (κ3) is 35.4. The predicted octanol–water partition coefficient (Wildman–Crippen LogP) is 7.79. The number of hydrogen-bond donors (Lipinski definition) is 0. The average molecular weight is 742 g/mol. The highest BCUT2D eigenvalue weighted by Gasteiger charge is 2.24. The van der Waals surface area contributed by atoms with Gasteiger partial charge in [0, 0.05) is 76.5 Å². The van der Waals surface area contributed by atoms with E-state index >= 15 is 0 Å². The maximum atomic E-state index is 5.29. The summed E-state index contributed by atoms with van der Waals surface area (Å²) in [5, 5.41) is 0. The van der Waals surface area contributed by atoms with E-state index in [0.717, 1.165) is 26.3 Å². The van der Waals surface area contributed by atoms with Crippen LogP contribution in [0.3, 0.4) is 0 Å². The average Bonchev–Trinajstić information content (AvgIpc) is 2.99. The molecule has 0 saturated carbocycles. The molecule has 0 radical (unpaired) electrons. The number of piperazine rings is 2. The molecule has 8 nitrogen and oxygen atoms in total. The van der Waals surface area contributed by atoms with E-state index in [1.54, 1.807) is 0 Å². The molecule has 0 unspecified atom stereocenters. The van der Waals surface area contributed by atoms with Crippen LogP contribution in [0, 0.1) is 16.2 Å². The Kier molecular flexibility index (Phi) is 26.6. The first-order valence-corrected chi connectivity index (χ1v) is 20.9. The smallest absolute Gasteiger partial charge is 0.0594 e. The van der Waals surface area contributed by atoms with Gasteiger partial charge in [-0.05, 0) is 139 Å². The lowest BCUT2D eigenvalue weighted by molar-refractivity contribution is 0.0333. The maximum absolute atomic E-state index is 5.29. The quantitative estimate of drug-likeness (QED) is 0.273. The Morgan fingerprint density at radius 1 is 0.462 bits per heavy atom. The Hall–Kier alpha value is -0.320. The van der Waals surface area contributed by atoms with E-state index in [1.165, 1.54) is 91.3 Å². The van der Waals surface area contributed by atoms with Gasteiger partial charge in [-0.1, -0.05) is 62.3 Å². The van der Waals surface area contributed by atoms with Crippen molar-refractivity contribution in [3.63, 3.8) is 0 Å². The second-order valence-electron chi connectivity index (χ2n) is 21.9. The molecular weight excluding hydrogens is 643 g/mol. The first kappa shape index (κ1) is 53.8. The van der Waals surface area contributed by atoms with Crippen LogP contribution >= 0.6 is 0 Å². The summed E-state index contributed by atoms with van der Waals surface area (Å²) >= 11 is 0. The minimum absolute atomic E-state index is 0.333. The van der Waals surface area contributed by atoms with E-state index in [4.69, 9.17) is 4.74 Å². The Morgan fingerprint density at radius 3 is 1.06 bits per heavy atom. The fourth-order valence-corrected chi connectivity index (χ4v) is 4.92. The van der Waals surface area contributed by atoms with Crippen LogP contribution in [0.1, 0.15) is 123 Å². The Balaban J connectivity index is 0. The van der Waals surface area contributed by atoms with E-state index in [0.29, 0.717) is 27.3 Å². The van der Waals surface area contributed by atoms with E-state index in [2.05, 4.69) is 180 Å². The van der Waals surface area contributed by atoms with E-state index < -0.39 is 0 Å². The summed E-state index contributed by atoms with van der Waals surface area (Å²) in [6.45, 7) is 51.8. The fourth-order valence-electron chi connectivity index (χ4n) is 4.92. The number of hydrogen-bond acceptors (Lipinski definition) is 8. The van der Waals surface area contributed by atoms with Crippen LogP contribution in [0.2, 0.25) is 0 Å². The maximum Gasteiger partial charge on any atom is 0.0594 e. The molecule has 8 heteroatoms. The molecule has 3 rings (SSSR count). The highest BCUT2D eigenvalue weighted by Crippen LogP contribution is 2.20. The van der Waals surface area contributed by atoms with Crippen LogP contribution in [0.25, 0.3) is 0 Å². The molecule has 3 saturated heterocycles. The normalized spacial score (nSPS) is 19.4. The Morgan fingerprint density at radius 2 is 0.788 bits per heavy atom. The number of morpholine rings is 1. The van der Waals surface area contributed by atoms with Crippen molar-refractivity contribution in [2.75, 3.05) is 141 Å². The molecular formula is C44H99N7O. The summed E-state index contributed by atoms with van der Waals surface area (Å²) in [5.41, 5.74) is 2.15. The third-order valence-corrected chi connectivity index (χ3v) is 10.2. The summed E-state index contributed by atoms with van der Waals surface area (Å²) in [4.78, 5) is 16.8. The topological polar surface area (TPSA) is 31.9 Å². The molecule has 0 aliphatic carbocycles. The van der Waals surface area contributed by atoms with Crippen molar-refractivity contribution in [1.29, 1.82) is 0 Å². The van der Waals surface area contributed by atoms with E-state index in [-0.39, 0.29) is 0 Å². The zero-order valence-corrected chi connectivity index (χ0v) is 39.8. The first-order valence-electron chi connectivity index (χ1n) is 20.9. The van der Waals surface area contributed by atoms with Crippen molar-refractivity contribution in [1.82, 2.24) is 34.3 Å². The number of ether oxygens (including phenoxy) is 1.